The molecule has 2 aromatic carbocycles. The van der Waals surface area contributed by atoms with Crippen molar-refractivity contribution in [2.24, 2.45) is 11.3 Å². The monoisotopic (exact) mass is 682 g/mol. The number of nitrogens with one attached hydrogen (secondary N) is 3. The van der Waals surface area contributed by atoms with Crippen LogP contribution < -0.4 is 20.7 Å². The van der Waals surface area contributed by atoms with Gasteiger partial charge in [-0.15, -0.1) is 0 Å². The van der Waals surface area contributed by atoms with E-state index in [0.717, 1.165) is 5.56 Å². The zero-order valence-electron chi connectivity index (χ0n) is 28.5. The summed E-state index contributed by atoms with van der Waals surface area (Å²) in [6.07, 6.45) is 2.67. The predicted molar refractivity (Wildman–Crippen MR) is 182 cm³/mol. The van der Waals surface area contributed by atoms with Crippen LogP contribution in [0.25, 0.3) is 0 Å². The number of ether oxygens (including phenoxy) is 3. The van der Waals surface area contributed by atoms with Crippen LogP contribution in [0.15, 0.2) is 60.7 Å². The van der Waals surface area contributed by atoms with Crippen molar-refractivity contribution in [2.75, 3.05) is 34.3 Å². The third-order valence-electron chi connectivity index (χ3n) is 8.73. The maximum Gasteiger partial charge on any atom is 0.328 e. The number of cyclic esters (lactones) is 1. The molecule has 4 rings (SSSR count). The predicted octanol–water partition coefficient (Wildman–Crippen LogP) is 3.60. The third kappa shape index (κ3) is 10.0. The molecule has 2 aliphatic rings. The molecule has 3 N–H and O–H groups in total. The van der Waals surface area contributed by atoms with Gasteiger partial charge in [0.05, 0.1) is 23.7 Å². The molecule has 6 atom stereocenters. The minimum atomic E-state index is -1.10. The molecule has 0 spiro atoms. The minimum absolute atomic E-state index is 0.0434. The topological polar surface area (TPSA) is 139 Å². The summed E-state index contributed by atoms with van der Waals surface area (Å²) in [5, 5.41) is 8.86. The lowest BCUT2D eigenvalue weighted by Gasteiger charge is -2.30. The summed E-state index contributed by atoms with van der Waals surface area (Å²) in [6.45, 7) is 5.79. The van der Waals surface area contributed by atoms with Crippen molar-refractivity contribution < 1.29 is 33.4 Å². The van der Waals surface area contributed by atoms with Gasteiger partial charge in [0.25, 0.3) is 0 Å². The van der Waals surface area contributed by atoms with Gasteiger partial charge in [-0.25, -0.2) is 4.79 Å². The van der Waals surface area contributed by atoms with Crippen LogP contribution in [0.4, 0.5) is 0 Å². The SMILES string of the molecule is COc1ccc(C[C@H]2NC(=O)/C=C/C[C@@H]([C@H](C)[C@H]3O[C@@H]3c3ccccc3)OC(=O)[C@H](CCN(C)C)NC(=O)C(C)(C)CNC2=O)cc1Cl. The lowest BCUT2D eigenvalue weighted by molar-refractivity contribution is -0.156. The van der Waals surface area contributed by atoms with Gasteiger partial charge in [0.2, 0.25) is 17.7 Å². The number of carbonyl (C=O) groups is 4. The number of halogens is 1. The van der Waals surface area contributed by atoms with Crippen molar-refractivity contribution in [3.63, 3.8) is 0 Å². The van der Waals surface area contributed by atoms with Gasteiger partial charge in [-0.2, -0.15) is 0 Å². The number of hydrogen-bond acceptors (Lipinski definition) is 8. The van der Waals surface area contributed by atoms with Gasteiger partial charge in [-0.1, -0.05) is 61.0 Å². The fourth-order valence-corrected chi connectivity index (χ4v) is 5.84. The first kappa shape index (κ1) is 36.9. The van der Waals surface area contributed by atoms with Crippen molar-refractivity contribution in [1.82, 2.24) is 20.9 Å². The Kier molecular flexibility index (Phi) is 12.6. The number of epoxide rings is 1. The molecule has 0 aromatic heterocycles. The summed E-state index contributed by atoms with van der Waals surface area (Å²) in [5.41, 5.74) is 0.641. The molecule has 1 fully saturated rings. The Bertz CT molecular complexity index is 1480. The summed E-state index contributed by atoms with van der Waals surface area (Å²) in [7, 11) is 5.28. The summed E-state index contributed by atoms with van der Waals surface area (Å²) in [4.78, 5) is 55.9. The lowest BCUT2D eigenvalue weighted by Crippen LogP contribution is -2.54. The van der Waals surface area contributed by atoms with Crippen molar-refractivity contribution in [3.05, 3.63) is 76.8 Å². The van der Waals surface area contributed by atoms with E-state index in [2.05, 4.69) is 16.0 Å². The van der Waals surface area contributed by atoms with E-state index in [1.54, 1.807) is 38.1 Å². The maximum atomic E-state index is 13.7. The second-order valence-corrected chi connectivity index (χ2v) is 13.8. The van der Waals surface area contributed by atoms with E-state index >= 15 is 0 Å². The first-order valence-corrected chi connectivity index (χ1v) is 16.6. The number of methoxy groups -OCH3 is 1. The van der Waals surface area contributed by atoms with Gasteiger partial charge in [-0.3, -0.25) is 14.4 Å². The van der Waals surface area contributed by atoms with Crippen LogP contribution in [0.3, 0.4) is 0 Å². The molecule has 0 saturated carbocycles. The third-order valence-corrected chi connectivity index (χ3v) is 9.02. The molecule has 260 valence electrons. The number of carbonyl (C=O) groups excluding carboxylic acids is 4. The summed E-state index contributed by atoms with van der Waals surface area (Å²) in [6, 6.07) is 13.1. The quantitative estimate of drug-likeness (QED) is 0.270. The zero-order chi connectivity index (χ0) is 35.0. The molecule has 0 bridgehead atoms. The number of rotatable bonds is 9. The summed E-state index contributed by atoms with van der Waals surface area (Å²) >= 11 is 6.33. The highest BCUT2D eigenvalue weighted by Gasteiger charge is 2.47. The minimum Gasteiger partial charge on any atom is -0.495 e. The zero-order valence-corrected chi connectivity index (χ0v) is 29.2. The van der Waals surface area contributed by atoms with Gasteiger partial charge in [0.15, 0.2) is 0 Å². The van der Waals surface area contributed by atoms with Gasteiger partial charge >= 0.3 is 5.97 Å². The Morgan fingerprint density at radius 1 is 1.04 bits per heavy atom. The Morgan fingerprint density at radius 3 is 2.44 bits per heavy atom. The van der Waals surface area contributed by atoms with E-state index in [9.17, 15) is 19.2 Å². The van der Waals surface area contributed by atoms with Gasteiger partial charge in [0, 0.05) is 31.8 Å². The van der Waals surface area contributed by atoms with E-state index < -0.39 is 47.3 Å². The number of nitrogens with zero attached hydrogens (tertiary/aromatic N) is 1. The molecule has 3 amide bonds. The maximum absolute atomic E-state index is 13.7. The molecule has 2 aromatic rings. The lowest BCUT2D eigenvalue weighted by atomic mass is 9.91. The van der Waals surface area contributed by atoms with Crippen LogP contribution in [-0.4, -0.2) is 87.2 Å². The van der Waals surface area contributed by atoms with Crippen LogP contribution in [0.5, 0.6) is 5.75 Å². The molecular formula is C36H47ClN4O7. The highest BCUT2D eigenvalue weighted by molar-refractivity contribution is 6.32. The van der Waals surface area contributed by atoms with Crippen LogP contribution in [0.2, 0.25) is 5.02 Å². The summed E-state index contributed by atoms with van der Waals surface area (Å²) < 4.78 is 17.4. The number of benzene rings is 2. The molecule has 0 aliphatic carbocycles. The largest absolute Gasteiger partial charge is 0.495 e. The smallest absolute Gasteiger partial charge is 0.328 e. The van der Waals surface area contributed by atoms with Crippen molar-refractivity contribution in [1.29, 1.82) is 0 Å². The summed E-state index contributed by atoms with van der Waals surface area (Å²) in [5.74, 6) is -1.69. The van der Waals surface area contributed by atoms with Gasteiger partial charge < -0.3 is 35.1 Å². The van der Waals surface area contributed by atoms with E-state index in [1.165, 1.54) is 13.2 Å². The first-order valence-electron chi connectivity index (χ1n) is 16.2. The molecular weight excluding hydrogens is 636 g/mol. The van der Waals surface area contributed by atoms with Gasteiger partial charge in [-0.05, 0) is 63.7 Å². The number of amides is 3. The van der Waals surface area contributed by atoms with Crippen molar-refractivity contribution >= 4 is 35.3 Å². The van der Waals surface area contributed by atoms with E-state index in [1.807, 2.05) is 56.3 Å². The standard InChI is InChI=1S/C36H47ClN4O7/c1-22(31-32(48-31)24-11-8-7-9-12-24)28-13-10-14-30(42)39-27(20-23-15-16-29(46-6)25(37)19-23)33(43)38-21-36(2,3)35(45)40-26(34(44)47-28)17-18-41(4)5/h7-12,14-16,19,22,26-28,31-32H,13,17-18,20-21H2,1-6H3,(H,38,43)(H,39,42)(H,40,45)/b14-10+/t22-,26-,27+,28-,31+,32+/m0/s1. The average Bonchev–Trinajstić information content (AvgIpc) is 3.85. The highest BCUT2D eigenvalue weighted by Crippen LogP contribution is 2.45. The second kappa shape index (κ2) is 16.5. The molecule has 11 nitrogen and oxygen atoms in total. The van der Waals surface area contributed by atoms with E-state index in [0.29, 0.717) is 29.3 Å². The van der Waals surface area contributed by atoms with Crippen molar-refractivity contribution in [2.45, 2.75) is 70.4 Å². The second-order valence-electron chi connectivity index (χ2n) is 13.4. The van der Waals surface area contributed by atoms with Crippen LogP contribution in [0, 0.1) is 11.3 Å². The Labute approximate surface area is 287 Å². The van der Waals surface area contributed by atoms with Crippen molar-refractivity contribution in [3.8, 4) is 5.75 Å². The first-order chi connectivity index (χ1) is 22.8. The van der Waals surface area contributed by atoms with Crippen LogP contribution >= 0.6 is 11.6 Å². The molecule has 48 heavy (non-hydrogen) atoms. The Hall–Kier alpha value is -3.93. The van der Waals surface area contributed by atoms with Crippen LogP contribution in [-0.2, 0) is 35.1 Å². The number of hydrogen-bond donors (Lipinski definition) is 3. The fourth-order valence-electron chi connectivity index (χ4n) is 5.56. The molecule has 12 heteroatoms. The molecule has 0 unspecified atom stereocenters. The number of esters is 1. The fraction of sp³-hybridized carbons (Fsp3) is 0.500. The molecule has 2 aliphatic heterocycles. The van der Waals surface area contributed by atoms with E-state index in [4.69, 9.17) is 25.8 Å². The van der Waals surface area contributed by atoms with Crippen LogP contribution in [0.1, 0.15) is 50.8 Å². The Morgan fingerprint density at radius 2 is 1.77 bits per heavy atom. The highest BCUT2D eigenvalue weighted by atomic mass is 35.5. The molecule has 2 heterocycles. The Balaban J connectivity index is 1.61. The normalized spacial score (nSPS) is 26.5. The molecule has 1 saturated heterocycles. The van der Waals surface area contributed by atoms with Gasteiger partial charge in [0.1, 0.15) is 30.0 Å². The average molecular weight is 683 g/mol. The molecule has 0 radical (unpaired) electrons. The van der Waals surface area contributed by atoms with E-state index in [-0.39, 0.29) is 37.5 Å².